The molecule has 6 heteroatoms. The van der Waals surface area contributed by atoms with Crippen molar-refractivity contribution in [2.75, 3.05) is 6.54 Å². The van der Waals surface area contributed by atoms with Crippen LogP contribution in [-0.4, -0.2) is 29.3 Å². The highest BCUT2D eigenvalue weighted by Crippen LogP contribution is 2.21. The molecule has 1 aliphatic heterocycles. The van der Waals surface area contributed by atoms with Crippen LogP contribution in [-0.2, 0) is 16.1 Å². The first-order chi connectivity index (χ1) is 9.40. The number of carbonyl (C=O) groups excluding carboxylic acids is 2. The Morgan fingerprint density at radius 2 is 2.15 bits per heavy atom. The topological polar surface area (TPSA) is 49.4 Å². The second kappa shape index (κ2) is 5.79. The fourth-order valence-electron chi connectivity index (χ4n) is 2.19. The van der Waals surface area contributed by atoms with E-state index < -0.39 is 11.9 Å². The van der Waals surface area contributed by atoms with Crippen molar-refractivity contribution in [1.29, 1.82) is 0 Å². The molecule has 0 radical (unpaired) electrons. The third kappa shape index (κ3) is 2.93. The molecule has 4 nitrogen and oxygen atoms in total. The number of nitrogens with zero attached hydrogens (tertiary/aromatic N) is 1. The summed E-state index contributed by atoms with van der Waals surface area (Å²) in [5.74, 6) is -0.989. The molecule has 0 saturated carbocycles. The Bertz CT molecular complexity index is 548. The van der Waals surface area contributed by atoms with Crippen LogP contribution in [0.25, 0.3) is 0 Å². The van der Waals surface area contributed by atoms with Gasteiger partial charge in [0.1, 0.15) is 11.9 Å². The summed E-state index contributed by atoms with van der Waals surface area (Å²) in [5.41, 5.74) is 0.308. The number of amides is 2. The summed E-state index contributed by atoms with van der Waals surface area (Å²) < 4.78 is 13.9. The Labute approximate surface area is 121 Å². The maximum absolute atomic E-state index is 13.9. The first kappa shape index (κ1) is 14.8. The van der Waals surface area contributed by atoms with Gasteiger partial charge in [0, 0.05) is 12.1 Å². The van der Waals surface area contributed by atoms with Crippen molar-refractivity contribution in [1.82, 2.24) is 10.2 Å². The van der Waals surface area contributed by atoms with Crippen LogP contribution in [0.4, 0.5) is 4.39 Å². The lowest BCUT2D eigenvalue weighted by atomic mass is 10.0. The molecular formula is C14H16ClFN2O2. The van der Waals surface area contributed by atoms with Gasteiger partial charge < -0.3 is 10.2 Å². The van der Waals surface area contributed by atoms with E-state index in [1.54, 1.807) is 12.1 Å². The highest BCUT2D eigenvalue weighted by molar-refractivity contribution is 6.30. The highest BCUT2D eigenvalue weighted by Gasteiger charge is 2.34. The number of benzene rings is 1. The summed E-state index contributed by atoms with van der Waals surface area (Å²) in [7, 11) is 0. The van der Waals surface area contributed by atoms with Gasteiger partial charge in [-0.25, -0.2) is 4.39 Å². The van der Waals surface area contributed by atoms with Crippen LogP contribution in [0.2, 0.25) is 5.02 Å². The third-order valence-corrected chi connectivity index (χ3v) is 3.58. The molecule has 1 N–H and O–H groups in total. The molecule has 1 atom stereocenters. The van der Waals surface area contributed by atoms with E-state index in [-0.39, 0.29) is 35.8 Å². The lowest BCUT2D eigenvalue weighted by Gasteiger charge is -2.34. The normalized spacial score (nSPS) is 19.4. The minimum atomic E-state index is -0.557. The van der Waals surface area contributed by atoms with E-state index in [2.05, 4.69) is 5.32 Å². The van der Waals surface area contributed by atoms with Crippen LogP contribution >= 0.6 is 11.6 Å². The van der Waals surface area contributed by atoms with Crippen molar-refractivity contribution in [2.24, 2.45) is 5.92 Å². The molecule has 1 aromatic rings. The minimum absolute atomic E-state index is 0.0109. The van der Waals surface area contributed by atoms with E-state index >= 15 is 0 Å². The number of nitrogens with one attached hydrogen (secondary N) is 1. The number of hydrogen-bond donors (Lipinski definition) is 1. The van der Waals surface area contributed by atoms with Gasteiger partial charge in [0.05, 0.1) is 11.6 Å². The van der Waals surface area contributed by atoms with Gasteiger partial charge in [-0.15, -0.1) is 0 Å². The van der Waals surface area contributed by atoms with E-state index in [9.17, 15) is 14.0 Å². The molecule has 1 aliphatic rings. The maximum Gasteiger partial charge on any atom is 0.246 e. The quantitative estimate of drug-likeness (QED) is 0.927. The van der Waals surface area contributed by atoms with Gasteiger partial charge in [-0.05, 0) is 12.0 Å². The van der Waals surface area contributed by atoms with Crippen LogP contribution < -0.4 is 5.32 Å². The van der Waals surface area contributed by atoms with Gasteiger partial charge in [0.25, 0.3) is 0 Å². The van der Waals surface area contributed by atoms with Crippen LogP contribution in [0.3, 0.4) is 0 Å². The van der Waals surface area contributed by atoms with Gasteiger partial charge in [-0.1, -0.05) is 37.6 Å². The monoisotopic (exact) mass is 298 g/mol. The number of hydrogen-bond acceptors (Lipinski definition) is 2. The molecule has 20 heavy (non-hydrogen) atoms. The largest absolute Gasteiger partial charge is 0.343 e. The first-order valence-corrected chi connectivity index (χ1v) is 6.79. The second-order valence-electron chi connectivity index (χ2n) is 5.20. The standard InChI is InChI=1S/C14H16ClFN2O2/c1-8(2)13-14(20)18(7-11(19)17-13)6-9-4-3-5-10(15)12(9)16/h3-5,8,13H,6-7H2,1-2H3,(H,17,19). The Morgan fingerprint density at radius 3 is 2.80 bits per heavy atom. The molecule has 0 spiro atoms. The molecule has 1 saturated heterocycles. The maximum atomic E-state index is 13.9. The molecule has 1 heterocycles. The second-order valence-corrected chi connectivity index (χ2v) is 5.60. The predicted molar refractivity (Wildman–Crippen MR) is 73.6 cm³/mol. The summed E-state index contributed by atoms with van der Waals surface area (Å²) in [6.07, 6.45) is 0. The summed E-state index contributed by atoms with van der Waals surface area (Å²) in [6.45, 7) is 3.69. The first-order valence-electron chi connectivity index (χ1n) is 6.41. The van der Waals surface area contributed by atoms with Crippen molar-refractivity contribution >= 4 is 23.4 Å². The van der Waals surface area contributed by atoms with E-state index in [1.165, 1.54) is 11.0 Å². The van der Waals surface area contributed by atoms with Crippen molar-refractivity contribution in [3.05, 3.63) is 34.6 Å². The smallest absolute Gasteiger partial charge is 0.246 e. The molecule has 2 rings (SSSR count). The van der Waals surface area contributed by atoms with Crippen molar-refractivity contribution in [3.8, 4) is 0 Å². The SMILES string of the molecule is CC(C)C1NC(=O)CN(Cc2cccc(Cl)c2F)C1=O. The molecule has 0 aliphatic carbocycles. The highest BCUT2D eigenvalue weighted by atomic mass is 35.5. The Balaban J connectivity index is 2.21. The summed E-state index contributed by atoms with van der Waals surface area (Å²) in [4.78, 5) is 25.3. The van der Waals surface area contributed by atoms with Gasteiger partial charge in [0.2, 0.25) is 11.8 Å². The Hall–Kier alpha value is -1.62. The Kier molecular flexibility index (Phi) is 4.28. The van der Waals surface area contributed by atoms with Gasteiger partial charge in [-0.3, -0.25) is 9.59 Å². The third-order valence-electron chi connectivity index (χ3n) is 3.29. The summed E-state index contributed by atoms with van der Waals surface area (Å²) >= 11 is 5.72. The average molecular weight is 299 g/mol. The minimum Gasteiger partial charge on any atom is -0.343 e. The van der Waals surface area contributed by atoms with Crippen LogP contribution in [0.5, 0.6) is 0 Å². The molecule has 0 bridgehead atoms. The average Bonchev–Trinajstić information content (AvgIpc) is 2.38. The molecule has 0 aromatic heterocycles. The fourth-order valence-corrected chi connectivity index (χ4v) is 2.38. The van der Waals surface area contributed by atoms with Crippen LogP contribution in [0.15, 0.2) is 18.2 Å². The molecule has 108 valence electrons. The molecule has 1 aromatic carbocycles. The Morgan fingerprint density at radius 1 is 1.45 bits per heavy atom. The number of halogens is 2. The fraction of sp³-hybridized carbons (Fsp3) is 0.429. The van der Waals surface area contributed by atoms with E-state index in [4.69, 9.17) is 11.6 Å². The predicted octanol–water partition coefficient (Wildman–Crippen LogP) is 1.96. The van der Waals surface area contributed by atoms with Crippen LogP contribution in [0, 0.1) is 11.7 Å². The number of piperazine rings is 1. The number of carbonyl (C=O) groups is 2. The van der Waals surface area contributed by atoms with E-state index in [0.29, 0.717) is 5.56 Å². The lowest BCUT2D eigenvalue weighted by Crippen LogP contribution is -2.59. The zero-order chi connectivity index (χ0) is 14.9. The van der Waals surface area contributed by atoms with E-state index in [0.717, 1.165) is 0 Å². The van der Waals surface area contributed by atoms with Crippen molar-refractivity contribution in [2.45, 2.75) is 26.4 Å². The molecule has 1 unspecified atom stereocenters. The van der Waals surface area contributed by atoms with E-state index in [1.807, 2.05) is 13.8 Å². The van der Waals surface area contributed by atoms with Gasteiger partial charge in [0.15, 0.2) is 0 Å². The van der Waals surface area contributed by atoms with Gasteiger partial charge >= 0.3 is 0 Å². The summed E-state index contributed by atoms with van der Waals surface area (Å²) in [5, 5.41) is 2.67. The van der Waals surface area contributed by atoms with Gasteiger partial charge in [-0.2, -0.15) is 0 Å². The summed E-state index contributed by atoms with van der Waals surface area (Å²) in [6, 6.07) is 4.07. The molecule has 2 amide bonds. The zero-order valence-electron chi connectivity index (χ0n) is 11.3. The molecular weight excluding hydrogens is 283 g/mol. The lowest BCUT2D eigenvalue weighted by molar-refractivity contribution is -0.146. The zero-order valence-corrected chi connectivity index (χ0v) is 12.1. The van der Waals surface area contributed by atoms with Crippen molar-refractivity contribution < 1.29 is 14.0 Å². The molecule has 1 fully saturated rings. The number of rotatable bonds is 3. The van der Waals surface area contributed by atoms with Crippen LogP contribution in [0.1, 0.15) is 19.4 Å². The van der Waals surface area contributed by atoms with Crippen molar-refractivity contribution in [3.63, 3.8) is 0 Å².